The zero-order valence-corrected chi connectivity index (χ0v) is 20.9. The number of para-hydroxylation sites is 1. The van der Waals surface area contributed by atoms with Crippen molar-refractivity contribution in [2.75, 3.05) is 50.2 Å². The standard InChI is InChI=1S/C28H35FN4O2/c1-19-17-21(32(2)15-16-34)18-23-25(19)30-27(28(29)11-6-12-28)31-26(23)33-13-9-20(10-14-33)22-7-4-5-8-24(22)35-3/h4-5,7-8,17-18,20,34H,6,9-16H2,1-3H3. The second-order valence-electron chi connectivity index (χ2n) is 10.00. The molecule has 0 radical (unpaired) electrons. The number of nitrogens with zero attached hydrogens (tertiary/aromatic N) is 4. The van der Waals surface area contributed by atoms with E-state index in [0.29, 0.717) is 31.1 Å². The van der Waals surface area contributed by atoms with E-state index in [1.54, 1.807) is 7.11 Å². The molecule has 2 heterocycles. The average molecular weight is 479 g/mol. The van der Waals surface area contributed by atoms with Crippen LogP contribution in [0.25, 0.3) is 10.9 Å². The number of aliphatic hydroxyl groups excluding tert-OH is 1. The maximum absolute atomic E-state index is 15.5. The van der Waals surface area contributed by atoms with Gasteiger partial charge in [-0.1, -0.05) is 18.2 Å². The summed E-state index contributed by atoms with van der Waals surface area (Å²) in [5.74, 6) is 2.52. The van der Waals surface area contributed by atoms with Gasteiger partial charge >= 0.3 is 0 Å². The van der Waals surface area contributed by atoms with Crippen LogP contribution in [-0.4, -0.2) is 55.5 Å². The Hall–Kier alpha value is -2.93. The Kier molecular flexibility index (Phi) is 6.53. The smallest absolute Gasteiger partial charge is 0.170 e. The first-order chi connectivity index (χ1) is 16.9. The van der Waals surface area contributed by atoms with Gasteiger partial charge in [0.15, 0.2) is 11.5 Å². The van der Waals surface area contributed by atoms with Crippen LogP contribution in [0, 0.1) is 6.92 Å². The number of aromatic nitrogens is 2. The number of aliphatic hydroxyl groups is 1. The predicted octanol–water partition coefficient (Wildman–Crippen LogP) is 5.11. The maximum Gasteiger partial charge on any atom is 0.170 e. The second kappa shape index (κ2) is 9.61. The molecule has 0 spiro atoms. The molecular formula is C28H35FN4O2. The van der Waals surface area contributed by atoms with E-state index in [0.717, 1.165) is 66.1 Å². The summed E-state index contributed by atoms with van der Waals surface area (Å²) < 4.78 is 21.1. The van der Waals surface area contributed by atoms with Crippen molar-refractivity contribution < 1.29 is 14.2 Å². The van der Waals surface area contributed by atoms with Crippen LogP contribution in [0.1, 0.15) is 55.0 Å². The molecule has 186 valence electrons. The van der Waals surface area contributed by atoms with E-state index in [9.17, 15) is 5.11 Å². The maximum atomic E-state index is 15.5. The number of methoxy groups -OCH3 is 1. The molecule has 7 heteroatoms. The van der Waals surface area contributed by atoms with E-state index in [-0.39, 0.29) is 6.61 Å². The third-order valence-corrected chi connectivity index (χ3v) is 7.75. The molecule has 6 nitrogen and oxygen atoms in total. The molecule has 1 saturated carbocycles. The van der Waals surface area contributed by atoms with Crippen LogP contribution in [0.15, 0.2) is 36.4 Å². The van der Waals surface area contributed by atoms with Gasteiger partial charge in [-0.25, -0.2) is 14.4 Å². The fourth-order valence-corrected chi connectivity index (χ4v) is 5.43. The lowest BCUT2D eigenvalue weighted by Crippen LogP contribution is -2.36. The number of halogens is 1. The first-order valence-corrected chi connectivity index (χ1v) is 12.6. The highest BCUT2D eigenvalue weighted by Gasteiger charge is 2.42. The summed E-state index contributed by atoms with van der Waals surface area (Å²) in [6.07, 6.45) is 3.81. The molecule has 2 aliphatic rings. The van der Waals surface area contributed by atoms with Gasteiger partial charge in [0.1, 0.15) is 11.6 Å². The minimum absolute atomic E-state index is 0.0801. The molecular weight excluding hydrogens is 443 g/mol. The van der Waals surface area contributed by atoms with E-state index in [2.05, 4.69) is 29.2 Å². The Balaban J connectivity index is 1.52. The van der Waals surface area contributed by atoms with E-state index in [1.165, 1.54) is 5.56 Å². The highest BCUT2D eigenvalue weighted by atomic mass is 19.1. The highest BCUT2D eigenvalue weighted by Crippen LogP contribution is 2.45. The lowest BCUT2D eigenvalue weighted by molar-refractivity contribution is 0.0512. The minimum Gasteiger partial charge on any atom is -0.496 e. The second-order valence-corrected chi connectivity index (χ2v) is 10.00. The first kappa shape index (κ1) is 23.8. The largest absolute Gasteiger partial charge is 0.496 e. The van der Waals surface area contributed by atoms with Gasteiger partial charge in [-0.05, 0) is 74.3 Å². The molecule has 1 aliphatic heterocycles. The van der Waals surface area contributed by atoms with Crippen molar-refractivity contribution >= 4 is 22.4 Å². The van der Waals surface area contributed by atoms with E-state index in [4.69, 9.17) is 14.7 Å². The van der Waals surface area contributed by atoms with Crippen molar-refractivity contribution in [1.82, 2.24) is 9.97 Å². The Morgan fingerprint density at radius 2 is 1.91 bits per heavy atom. The van der Waals surface area contributed by atoms with E-state index in [1.807, 2.05) is 31.0 Å². The summed E-state index contributed by atoms with van der Waals surface area (Å²) >= 11 is 0. The van der Waals surface area contributed by atoms with Gasteiger partial charge in [0.05, 0.1) is 19.2 Å². The molecule has 5 rings (SSSR count). The van der Waals surface area contributed by atoms with Crippen LogP contribution < -0.4 is 14.5 Å². The third kappa shape index (κ3) is 4.42. The number of piperidine rings is 1. The summed E-state index contributed by atoms with van der Waals surface area (Å²) in [6.45, 7) is 4.32. The first-order valence-electron chi connectivity index (χ1n) is 12.6. The number of ether oxygens (including phenoxy) is 1. The number of rotatable bonds is 7. The average Bonchev–Trinajstić information content (AvgIpc) is 2.87. The Labute approximate surface area is 206 Å². The van der Waals surface area contributed by atoms with Crippen LogP contribution in [-0.2, 0) is 5.67 Å². The van der Waals surface area contributed by atoms with Crippen molar-refractivity contribution in [3.05, 3.63) is 53.3 Å². The van der Waals surface area contributed by atoms with Crippen molar-refractivity contribution in [3.8, 4) is 5.75 Å². The molecule has 1 N–H and O–H groups in total. The van der Waals surface area contributed by atoms with Crippen molar-refractivity contribution in [3.63, 3.8) is 0 Å². The van der Waals surface area contributed by atoms with Crippen LogP contribution in [0.4, 0.5) is 15.9 Å². The Morgan fingerprint density at radius 3 is 2.57 bits per heavy atom. The zero-order chi connectivity index (χ0) is 24.6. The SMILES string of the molecule is COc1ccccc1C1CCN(c2nc(C3(F)CCC3)nc3c(C)cc(N(C)CCO)cc23)CC1. The molecule has 2 fully saturated rings. The number of anilines is 2. The minimum atomic E-state index is -1.42. The summed E-state index contributed by atoms with van der Waals surface area (Å²) in [5, 5.41) is 10.4. The third-order valence-electron chi connectivity index (χ3n) is 7.75. The topological polar surface area (TPSA) is 61.7 Å². The van der Waals surface area contributed by atoms with E-state index >= 15 is 4.39 Å². The number of hydrogen-bond acceptors (Lipinski definition) is 6. The van der Waals surface area contributed by atoms with Crippen LogP contribution in [0.5, 0.6) is 5.75 Å². The number of aryl methyl sites for hydroxylation is 1. The molecule has 1 saturated heterocycles. The van der Waals surface area contributed by atoms with Crippen molar-refractivity contribution in [1.29, 1.82) is 0 Å². The normalized spacial score (nSPS) is 17.9. The molecule has 3 aromatic rings. The lowest BCUT2D eigenvalue weighted by Gasteiger charge is -2.36. The number of hydrogen-bond donors (Lipinski definition) is 1. The molecule has 0 bridgehead atoms. The zero-order valence-electron chi connectivity index (χ0n) is 20.9. The van der Waals surface area contributed by atoms with Gasteiger partial charge in [0, 0.05) is 37.8 Å². The van der Waals surface area contributed by atoms with Crippen molar-refractivity contribution in [2.24, 2.45) is 0 Å². The van der Waals surface area contributed by atoms with Gasteiger partial charge in [0.2, 0.25) is 0 Å². The molecule has 0 atom stereocenters. The Morgan fingerprint density at radius 1 is 1.17 bits per heavy atom. The van der Waals surface area contributed by atoms with Gasteiger partial charge in [-0.15, -0.1) is 0 Å². The van der Waals surface area contributed by atoms with Crippen LogP contribution in [0.2, 0.25) is 0 Å². The van der Waals surface area contributed by atoms with Gasteiger partial charge in [-0.3, -0.25) is 0 Å². The lowest BCUT2D eigenvalue weighted by atomic mass is 9.81. The fourth-order valence-electron chi connectivity index (χ4n) is 5.43. The van der Waals surface area contributed by atoms with Gasteiger partial charge < -0.3 is 19.6 Å². The fraction of sp³-hybridized carbons (Fsp3) is 0.500. The summed E-state index contributed by atoms with van der Waals surface area (Å²) in [5.41, 5.74) is 2.66. The number of alkyl halides is 1. The monoisotopic (exact) mass is 478 g/mol. The predicted molar refractivity (Wildman–Crippen MR) is 138 cm³/mol. The van der Waals surface area contributed by atoms with Gasteiger partial charge in [0.25, 0.3) is 0 Å². The molecule has 1 aliphatic carbocycles. The van der Waals surface area contributed by atoms with Crippen molar-refractivity contribution in [2.45, 2.75) is 50.6 Å². The molecule has 0 amide bonds. The van der Waals surface area contributed by atoms with Gasteiger partial charge in [-0.2, -0.15) is 0 Å². The quantitative estimate of drug-likeness (QED) is 0.509. The van der Waals surface area contributed by atoms with E-state index < -0.39 is 5.67 Å². The number of likely N-dealkylation sites (N-methyl/N-ethyl adjacent to an activating group) is 1. The summed E-state index contributed by atoms with van der Waals surface area (Å²) in [7, 11) is 3.69. The number of fused-ring (bicyclic) bond motifs is 1. The van der Waals surface area contributed by atoms with Crippen LogP contribution >= 0.6 is 0 Å². The molecule has 0 unspecified atom stereocenters. The number of benzene rings is 2. The Bertz CT molecular complexity index is 1210. The summed E-state index contributed by atoms with van der Waals surface area (Å²) in [4.78, 5) is 14.0. The molecule has 1 aromatic heterocycles. The summed E-state index contributed by atoms with van der Waals surface area (Å²) in [6, 6.07) is 12.4. The van der Waals surface area contributed by atoms with Crippen LogP contribution in [0.3, 0.4) is 0 Å². The molecule has 35 heavy (non-hydrogen) atoms. The highest BCUT2D eigenvalue weighted by molar-refractivity contribution is 5.94. The molecule has 2 aromatic carbocycles.